The first-order valence-corrected chi connectivity index (χ1v) is 9.70. The van der Waals surface area contributed by atoms with Gasteiger partial charge in [0.2, 0.25) is 0 Å². The van der Waals surface area contributed by atoms with Crippen LogP contribution in [-0.2, 0) is 6.54 Å². The lowest BCUT2D eigenvalue weighted by Gasteiger charge is -2.25. The van der Waals surface area contributed by atoms with Crippen LogP contribution in [0.1, 0.15) is 29.5 Å². The van der Waals surface area contributed by atoms with Crippen molar-refractivity contribution in [3.8, 4) is 0 Å². The molecule has 1 saturated heterocycles. The van der Waals surface area contributed by atoms with E-state index in [1.165, 1.54) is 24.0 Å². The van der Waals surface area contributed by atoms with Crippen LogP contribution in [0.2, 0.25) is 0 Å². The van der Waals surface area contributed by atoms with E-state index in [1.54, 1.807) is 4.57 Å². The second-order valence-electron chi connectivity index (χ2n) is 7.60. The molecule has 2 aromatic carbocycles. The quantitative estimate of drug-likeness (QED) is 0.751. The molecule has 0 saturated carbocycles. The highest BCUT2D eigenvalue weighted by Gasteiger charge is 2.17. The summed E-state index contributed by atoms with van der Waals surface area (Å²) in [5.74, 6) is 0.484. The summed E-state index contributed by atoms with van der Waals surface area (Å²) in [4.78, 5) is 12.9. The fourth-order valence-electron chi connectivity index (χ4n) is 3.89. The van der Waals surface area contributed by atoms with Crippen molar-refractivity contribution in [3.63, 3.8) is 0 Å². The first-order chi connectivity index (χ1) is 13.1. The maximum Gasteiger partial charge on any atom is 0.258 e. The molecule has 3 aromatic rings. The van der Waals surface area contributed by atoms with Crippen LogP contribution in [0, 0.1) is 12.8 Å². The van der Waals surface area contributed by atoms with Gasteiger partial charge in [0, 0.05) is 18.1 Å². The van der Waals surface area contributed by atoms with Crippen LogP contribution in [0.3, 0.4) is 0 Å². The van der Waals surface area contributed by atoms with Crippen molar-refractivity contribution in [2.75, 3.05) is 13.1 Å². The number of aromatic nitrogens is 1. The summed E-state index contributed by atoms with van der Waals surface area (Å²) in [5.41, 5.74) is 4.74. The Hall–Kier alpha value is -2.65. The number of fused-ring (bicyclic) bond motifs is 1. The summed E-state index contributed by atoms with van der Waals surface area (Å²) in [7, 11) is 0. The first kappa shape index (κ1) is 17.7. The Balaban J connectivity index is 1.63. The second-order valence-corrected chi connectivity index (χ2v) is 7.60. The third-order valence-corrected chi connectivity index (χ3v) is 5.61. The average molecular weight is 358 g/mol. The maximum atomic E-state index is 12.9. The van der Waals surface area contributed by atoms with Crippen molar-refractivity contribution in [1.29, 1.82) is 0 Å². The van der Waals surface area contributed by atoms with Gasteiger partial charge in [0.1, 0.15) is 0 Å². The Kier molecular flexibility index (Phi) is 4.95. The second kappa shape index (κ2) is 7.53. The minimum absolute atomic E-state index is 0.0598. The molecule has 4 rings (SSSR count). The zero-order valence-electron chi connectivity index (χ0n) is 15.9. The molecule has 27 heavy (non-hydrogen) atoms. The lowest BCUT2D eigenvalue weighted by Crippen LogP contribution is -2.30. The highest BCUT2D eigenvalue weighted by molar-refractivity contribution is 5.85. The zero-order valence-corrected chi connectivity index (χ0v) is 15.9. The van der Waals surface area contributed by atoms with Gasteiger partial charge in [-0.05, 0) is 72.5 Å². The van der Waals surface area contributed by atoms with Crippen LogP contribution >= 0.6 is 0 Å². The van der Waals surface area contributed by atoms with Gasteiger partial charge in [0.25, 0.3) is 5.56 Å². The summed E-state index contributed by atoms with van der Waals surface area (Å²) in [6.45, 7) is 9.09. The van der Waals surface area contributed by atoms with E-state index in [-0.39, 0.29) is 5.56 Å². The molecule has 3 nitrogen and oxygen atoms in total. The van der Waals surface area contributed by atoms with E-state index in [9.17, 15) is 4.79 Å². The molecular weight excluding hydrogens is 332 g/mol. The van der Waals surface area contributed by atoms with E-state index in [1.807, 2.05) is 18.3 Å². The van der Waals surface area contributed by atoms with Gasteiger partial charge in [0.05, 0.1) is 6.54 Å². The molecule has 1 aliphatic heterocycles. The van der Waals surface area contributed by atoms with Gasteiger partial charge < -0.3 is 9.88 Å². The molecule has 0 radical (unpaired) electrons. The predicted molar refractivity (Wildman–Crippen MR) is 113 cm³/mol. The Bertz CT molecular complexity index is 1020. The van der Waals surface area contributed by atoms with Crippen molar-refractivity contribution < 1.29 is 0 Å². The number of nitrogens with zero attached hydrogens (tertiary/aromatic N) is 1. The summed E-state index contributed by atoms with van der Waals surface area (Å²) in [6.07, 6.45) is 4.28. The van der Waals surface area contributed by atoms with Crippen LogP contribution in [-0.4, -0.2) is 17.7 Å². The van der Waals surface area contributed by atoms with Gasteiger partial charge in [0.15, 0.2) is 0 Å². The van der Waals surface area contributed by atoms with Gasteiger partial charge in [-0.2, -0.15) is 0 Å². The Morgan fingerprint density at radius 1 is 1.19 bits per heavy atom. The van der Waals surface area contributed by atoms with Crippen molar-refractivity contribution in [2.45, 2.75) is 26.3 Å². The molecule has 3 heteroatoms. The number of aryl methyl sites for hydroxylation is 1. The van der Waals surface area contributed by atoms with E-state index in [4.69, 9.17) is 0 Å². The average Bonchev–Trinajstić information content (AvgIpc) is 2.71. The summed E-state index contributed by atoms with van der Waals surface area (Å²) >= 11 is 0. The van der Waals surface area contributed by atoms with Crippen molar-refractivity contribution in [3.05, 3.63) is 88.4 Å². The molecule has 0 bridgehead atoms. The molecule has 2 heterocycles. The Morgan fingerprint density at radius 2 is 2.00 bits per heavy atom. The van der Waals surface area contributed by atoms with E-state index < -0.39 is 0 Å². The number of rotatable bonds is 4. The zero-order chi connectivity index (χ0) is 18.8. The Labute approximate surface area is 160 Å². The van der Waals surface area contributed by atoms with Gasteiger partial charge in [-0.15, -0.1) is 0 Å². The number of nitrogens with one attached hydrogen (secondary N) is 1. The molecule has 0 amide bonds. The predicted octanol–water partition coefficient (Wildman–Crippen LogP) is 4.37. The summed E-state index contributed by atoms with van der Waals surface area (Å²) < 4.78 is 1.78. The van der Waals surface area contributed by atoms with Crippen LogP contribution in [0.5, 0.6) is 0 Å². The topological polar surface area (TPSA) is 34.0 Å². The maximum absolute atomic E-state index is 12.9. The van der Waals surface area contributed by atoms with Crippen molar-refractivity contribution in [1.82, 2.24) is 9.88 Å². The van der Waals surface area contributed by atoms with Crippen LogP contribution in [0.4, 0.5) is 0 Å². The SMILES string of the molecule is C=C(c1ccc2c(=O)n(Cc3ccc(C)cc3)ccc2c1)[C@@H]1CCCNC1. The highest BCUT2D eigenvalue weighted by Crippen LogP contribution is 2.28. The van der Waals surface area contributed by atoms with Gasteiger partial charge in [-0.1, -0.05) is 42.5 Å². The number of pyridine rings is 1. The monoisotopic (exact) mass is 358 g/mol. The molecule has 0 aliphatic carbocycles. The lowest BCUT2D eigenvalue weighted by atomic mass is 9.87. The minimum atomic E-state index is 0.0598. The Morgan fingerprint density at radius 3 is 2.74 bits per heavy atom. The fourth-order valence-corrected chi connectivity index (χ4v) is 3.89. The molecule has 1 N–H and O–H groups in total. The molecule has 0 spiro atoms. The minimum Gasteiger partial charge on any atom is -0.316 e. The number of benzene rings is 2. The number of hydrogen-bond acceptors (Lipinski definition) is 2. The molecule has 1 fully saturated rings. The largest absolute Gasteiger partial charge is 0.316 e. The van der Waals surface area contributed by atoms with Crippen molar-refractivity contribution in [2.24, 2.45) is 5.92 Å². The molecule has 1 aliphatic rings. The van der Waals surface area contributed by atoms with Crippen LogP contribution in [0.25, 0.3) is 16.3 Å². The molecule has 0 unspecified atom stereocenters. The standard InChI is InChI=1S/C24H26N2O/c1-17-5-7-19(8-6-17)16-26-13-11-21-14-20(9-10-23(21)24(26)27)18(2)22-4-3-12-25-15-22/h5-11,13-14,22,25H,2-4,12,15-16H2,1H3/t22-/m1/s1. The number of hydrogen-bond donors (Lipinski definition) is 1. The summed E-state index contributed by atoms with van der Waals surface area (Å²) in [5, 5.41) is 5.21. The van der Waals surface area contributed by atoms with E-state index in [0.29, 0.717) is 12.5 Å². The van der Waals surface area contributed by atoms with Crippen LogP contribution in [0.15, 0.2) is 66.1 Å². The van der Waals surface area contributed by atoms with Gasteiger partial charge >= 0.3 is 0 Å². The van der Waals surface area contributed by atoms with Crippen molar-refractivity contribution >= 4 is 16.3 Å². The summed E-state index contributed by atoms with van der Waals surface area (Å²) in [6, 6.07) is 16.5. The molecular formula is C24H26N2O. The lowest BCUT2D eigenvalue weighted by molar-refractivity contribution is 0.448. The third-order valence-electron chi connectivity index (χ3n) is 5.61. The molecule has 138 valence electrons. The van der Waals surface area contributed by atoms with Crippen LogP contribution < -0.4 is 10.9 Å². The normalized spacial score (nSPS) is 17.1. The van der Waals surface area contributed by atoms with E-state index in [2.05, 4.69) is 55.2 Å². The van der Waals surface area contributed by atoms with Gasteiger partial charge in [-0.25, -0.2) is 0 Å². The molecule has 1 atom stereocenters. The first-order valence-electron chi connectivity index (χ1n) is 9.70. The highest BCUT2D eigenvalue weighted by atomic mass is 16.1. The fraction of sp³-hybridized carbons (Fsp3) is 0.292. The third kappa shape index (κ3) is 3.74. The molecule has 1 aromatic heterocycles. The van der Waals surface area contributed by atoms with E-state index in [0.717, 1.165) is 35.0 Å². The van der Waals surface area contributed by atoms with E-state index >= 15 is 0 Å². The van der Waals surface area contributed by atoms with Gasteiger partial charge in [-0.3, -0.25) is 4.79 Å². The smallest absolute Gasteiger partial charge is 0.258 e. The number of piperidine rings is 1.